The molecule has 1 heterocycles. The van der Waals surface area contributed by atoms with E-state index in [2.05, 4.69) is 15.3 Å². The number of hydrogen-bond donors (Lipinski definition) is 2. The van der Waals surface area contributed by atoms with Crippen LogP contribution in [0.1, 0.15) is 11.4 Å². The molecule has 0 saturated heterocycles. The number of anilines is 1. The first-order valence-corrected chi connectivity index (χ1v) is 5.16. The van der Waals surface area contributed by atoms with E-state index in [0.717, 1.165) is 22.8 Å². The fourth-order valence-electron chi connectivity index (χ4n) is 1.48. The Hall–Kier alpha value is -1.97. The number of nitrogens with zero attached hydrogens (tertiary/aromatic N) is 1. The number of ether oxygens (including phenoxy) is 1. The summed E-state index contributed by atoms with van der Waals surface area (Å²) >= 11 is 0. The van der Waals surface area contributed by atoms with E-state index in [1.54, 1.807) is 13.4 Å². The fraction of sp³-hybridized carbons (Fsp3) is 0.250. The number of aromatic amines is 1. The van der Waals surface area contributed by atoms with Gasteiger partial charge in [0.2, 0.25) is 0 Å². The smallest absolute Gasteiger partial charge is 0.120 e. The minimum Gasteiger partial charge on any atom is -0.497 e. The van der Waals surface area contributed by atoms with Crippen LogP contribution in [0.2, 0.25) is 0 Å². The van der Waals surface area contributed by atoms with Crippen LogP contribution in [0.15, 0.2) is 30.6 Å². The van der Waals surface area contributed by atoms with E-state index in [4.69, 9.17) is 4.74 Å². The van der Waals surface area contributed by atoms with Gasteiger partial charge in [0, 0.05) is 17.4 Å². The first-order valence-electron chi connectivity index (χ1n) is 5.16. The van der Waals surface area contributed by atoms with Crippen molar-refractivity contribution in [2.24, 2.45) is 0 Å². The third-order valence-electron chi connectivity index (χ3n) is 2.46. The predicted molar refractivity (Wildman–Crippen MR) is 63.6 cm³/mol. The van der Waals surface area contributed by atoms with Gasteiger partial charge in [-0.1, -0.05) is 6.07 Å². The Bertz CT molecular complexity index is 465. The number of aryl methyl sites for hydroxylation is 1. The molecule has 0 atom stereocenters. The second-order valence-corrected chi connectivity index (χ2v) is 3.56. The summed E-state index contributed by atoms with van der Waals surface area (Å²) in [6.45, 7) is 2.72. The molecule has 4 nitrogen and oxygen atoms in total. The number of H-pyrrole nitrogens is 1. The van der Waals surface area contributed by atoms with Crippen molar-refractivity contribution < 1.29 is 4.74 Å². The molecule has 2 aromatic rings. The van der Waals surface area contributed by atoms with Crippen molar-refractivity contribution in [2.75, 3.05) is 12.4 Å². The van der Waals surface area contributed by atoms with Gasteiger partial charge in [0.15, 0.2) is 0 Å². The molecule has 0 radical (unpaired) electrons. The minimum atomic E-state index is 0.711. The summed E-state index contributed by atoms with van der Waals surface area (Å²) in [6, 6.07) is 7.84. The van der Waals surface area contributed by atoms with Gasteiger partial charge in [-0.2, -0.15) is 0 Å². The Morgan fingerprint density at radius 2 is 2.31 bits per heavy atom. The van der Waals surface area contributed by atoms with E-state index < -0.39 is 0 Å². The molecule has 16 heavy (non-hydrogen) atoms. The highest BCUT2D eigenvalue weighted by Crippen LogP contribution is 2.17. The Kier molecular flexibility index (Phi) is 3.10. The lowest BCUT2D eigenvalue weighted by Crippen LogP contribution is -2.01. The minimum absolute atomic E-state index is 0.711. The van der Waals surface area contributed by atoms with Crippen LogP contribution in [0.25, 0.3) is 0 Å². The molecule has 1 aromatic carbocycles. The highest BCUT2D eigenvalue weighted by molar-refractivity contribution is 5.48. The van der Waals surface area contributed by atoms with Gasteiger partial charge in [-0.25, -0.2) is 4.98 Å². The summed E-state index contributed by atoms with van der Waals surface area (Å²) in [6.07, 6.45) is 1.71. The Balaban J connectivity index is 2.02. The molecule has 0 bridgehead atoms. The van der Waals surface area contributed by atoms with Crippen molar-refractivity contribution in [3.63, 3.8) is 0 Å². The summed E-state index contributed by atoms with van der Waals surface area (Å²) in [7, 11) is 1.66. The summed E-state index contributed by atoms with van der Waals surface area (Å²) in [5.74, 6) is 0.851. The van der Waals surface area contributed by atoms with Gasteiger partial charge in [0.25, 0.3) is 0 Å². The molecule has 0 fully saturated rings. The first-order chi connectivity index (χ1) is 7.79. The fourth-order valence-corrected chi connectivity index (χ4v) is 1.48. The lowest BCUT2D eigenvalue weighted by molar-refractivity contribution is 0.415. The quantitative estimate of drug-likeness (QED) is 0.826. The van der Waals surface area contributed by atoms with Crippen LogP contribution in [-0.4, -0.2) is 17.1 Å². The summed E-state index contributed by atoms with van der Waals surface area (Å²) in [5.41, 5.74) is 3.15. The molecule has 0 saturated carbocycles. The van der Waals surface area contributed by atoms with Crippen LogP contribution in [0, 0.1) is 6.92 Å². The maximum atomic E-state index is 5.15. The number of benzene rings is 1. The Morgan fingerprint density at radius 3 is 3.00 bits per heavy atom. The number of rotatable bonds is 4. The van der Waals surface area contributed by atoms with E-state index >= 15 is 0 Å². The second kappa shape index (κ2) is 4.70. The van der Waals surface area contributed by atoms with Gasteiger partial charge < -0.3 is 15.0 Å². The molecule has 4 heteroatoms. The van der Waals surface area contributed by atoms with Gasteiger partial charge in [-0.05, 0) is 19.1 Å². The van der Waals surface area contributed by atoms with Gasteiger partial charge >= 0.3 is 0 Å². The van der Waals surface area contributed by atoms with Gasteiger partial charge in [-0.3, -0.25) is 0 Å². The van der Waals surface area contributed by atoms with E-state index in [0.29, 0.717) is 6.54 Å². The van der Waals surface area contributed by atoms with E-state index in [1.165, 1.54) is 0 Å². The molecule has 0 aliphatic heterocycles. The number of imidazole rings is 1. The van der Waals surface area contributed by atoms with Gasteiger partial charge in [-0.15, -0.1) is 0 Å². The third kappa shape index (κ3) is 2.34. The van der Waals surface area contributed by atoms with Crippen molar-refractivity contribution in [1.82, 2.24) is 9.97 Å². The van der Waals surface area contributed by atoms with Crippen LogP contribution < -0.4 is 10.1 Å². The number of methoxy groups -OCH3 is 1. The largest absolute Gasteiger partial charge is 0.497 e. The standard InChI is InChI=1S/C12H15N3O/c1-9-12(15-8-14-9)7-13-10-4-3-5-11(6-10)16-2/h3-6,8,13H,7H2,1-2H3,(H,14,15). The lowest BCUT2D eigenvalue weighted by atomic mass is 10.3. The molecule has 1 aromatic heterocycles. The monoisotopic (exact) mass is 217 g/mol. The zero-order valence-corrected chi connectivity index (χ0v) is 9.45. The molecule has 2 rings (SSSR count). The highest BCUT2D eigenvalue weighted by Gasteiger charge is 2.00. The first kappa shape index (κ1) is 10.5. The summed E-state index contributed by atoms with van der Waals surface area (Å²) < 4.78 is 5.15. The van der Waals surface area contributed by atoms with E-state index in [1.807, 2.05) is 31.2 Å². The number of aromatic nitrogens is 2. The average Bonchev–Trinajstić information content (AvgIpc) is 2.72. The average molecular weight is 217 g/mol. The molecule has 2 N–H and O–H groups in total. The van der Waals surface area contributed by atoms with Crippen molar-refractivity contribution >= 4 is 5.69 Å². The maximum absolute atomic E-state index is 5.15. The van der Waals surface area contributed by atoms with Crippen molar-refractivity contribution in [3.8, 4) is 5.75 Å². The number of hydrogen-bond acceptors (Lipinski definition) is 3. The maximum Gasteiger partial charge on any atom is 0.120 e. The van der Waals surface area contributed by atoms with Crippen LogP contribution in [-0.2, 0) is 6.54 Å². The Labute approximate surface area is 94.7 Å². The summed E-state index contributed by atoms with van der Waals surface area (Å²) in [5, 5.41) is 3.30. The Morgan fingerprint density at radius 1 is 1.44 bits per heavy atom. The SMILES string of the molecule is COc1cccc(NCc2nc[nH]c2C)c1. The third-order valence-corrected chi connectivity index (χ3v) is 2.46. The van der Waals surface area contributed by atoms with Crippen LogP contribution in [0.4, 0.5) is 5.69 Å². The molecule has 84 valence electrons. The predicted octanol–water partition coefficient (Wildman–Crippen LogP) is 2.34. The molecule has 0 aliphatic carbocycles. The molecule has 0 spiro atoms. The molecular weight excluding hydrogens is 202 g/mol. The van der Waals surface area contributed by atoms with Crippen molar-refractivity contribution in [3.05, 3.63) is 42.0 Å². The van der Waals surface area contributed by atoms with Gasteiger partial charge in [0.05, 0.1) is 25.7 Å². The van der Waals surface area contributed by atoms with Crippen LogP contribution in [0.3, 0.4) is 0 Å². The number of nitrogens with one attached hydrogen (secondary N) is 2. The second-order valence-electron chi connectivity index (χ2n) is 3.56. The van der Waals surface area contributed by atoms with Gasteiger partial charge in [0.1, 0.15) is 5.75 Å². The topological polar surface area (TPSA) is 49.9 Å². The molecule has 0 amide bonds. The van der Waals surface area contributed by atoms with E-state index in [9.17, 15) is 0 Å². The zero-order chi connectivity index (χ0) is 11.4. The van der Waals surface area contributed by atoms with Crippen molar-refractivity contribution in [1.29, 1.82) is 0 Å². The molecular formula is C12H15N3O. The summed E-state index contributed by atoms with van der Waals surface area (Å²) in [4.78, 5) is 7.28. The molecule has 0 unspecified atom stereocenters. The van der Waals surface area contributed by atoms with E-state index in [-0.39, 0.29) is 0 Å². The zero-order valence-electron chi connectivity index (χ0n) is 9.45. The highest BCUT2D eigenvalue weighted by atomic mass is 16.5. The van der Waals surface area contributed by atoms with Crippen LogP contribution in [0.5, 0.6) is 5.75 Å². The molecule has 0 aliphatic rings. The normalized spacial score (nSPS) is 10.1. The van der Waals surface area contributed by atoms with Crippen molar-refractivity contribution in [2.45, 2.75) is 13.5 Å². The van der Waals surface area contributed by atoms with Crippen LogP contribution >= 0.6 is 0 Å². The lowest BCUT2D eigenvalue weighted by Gasteiger charge is -2.06.